The van der Waals surface area contributed by atoms with E-state index in [1.165, 1.54) is 29.3 Å². The highest BCUT2D eigenvalue weighted by atomic mass is 32.1. The fourth-order valence-corrected chi connectivity index (χ4v) is 4.52. The van der Waals surface area contributed by atoms with E-state index < -0.39 is 12.6 Å². The van der Waals surface area contributed by atoms with E-state index in [0.29, 0.717) is 12.0 Å². The zero-order chi connectivity index (χ0) is 20.2. The molecule has 6 nitrogen and oxygen atoms in total. The number of hydrazone groups is 1. The first-order valence-electron chi connectivity index (χ1n) is 8.80. The molecule has 0 spiro atoms. The topological polar surface area (TPSA) is 82.8 Å². The molecule has 0 saturated carbocycles. The third-order valence-electron chi connectivity index (χ3n) is 4.42. The Morgan fingerprint density at radius 1 is 1.14 bits per heavy atom. The van der Waals surface area contributed by atoms with Gasteiger partial charge in [0.1, 0.15) is 0 Å². The number of thiophene rings is 2. The van der Waals surface area contributed by atoms with Crippen LogP contribution in [0.3, 0.4) is 0 Å². The molecule has 0 fully saturated rings. The van der Waals surface area contributed by atoms with Gasteiger partial charge in [0.2, 0.25) is 0 Å². The lowest BCUT2D eigenvalue weighted by atomic mass is 10.1. The van der Waals surface area contributed by atoms with Gasteiger partial charge in [0.15, 0.2) is 6.61 Å². The maximum atomic E-state index is 12.8. The summed E-state index contributed by atoms with van der Waals surface area (Å²) in [7, 11) is 0. The highest BCUT2D eigenvalue weighted by Gasteiger charge is 2.34. The molecule has 1 aromatic carbocycles. The summed E-state index contributed by atoms with van der Waals surface area (Å²) in [5.74, 6) is -0.992. The first-order chi connectivity index (χ1) is 14.2. The highest BCUT2D eigenvalue weighted by Crippen LogP contribution is 2.35. The summed E-state index contributed by atoms with van der Waals surface area (Å²) >= 11 is 3.15. The molecule has 0 aliphatic carbocycles. The number of carbonyl (C=O) groups is 2. The standard InChI is InChI=1S/C21H15N3O3S2/c22-12-14-5-7-15(8-6-14)21(26)27-13-20(25)24-17(19-4-2-10-29-19)11-16(23-24)18-3-1-9-28-18/h1-10,17H,11,13H2. The van der Waals surface area contributed by atoms with Gasteiger partial charge in [-0.05, 0) is 47.2 Å². The molecule has 1 amide bonds. The van der Waals surface area contributed by atoms with Gasteiger partial charge in [-0.2, -0.15) is 10.4 Å². The Labute approximate surface area is 175 Å². The molecule has 1 aliphatic heterocycles. The third kappa shape index (κ3) is 4.11. The second-order valence-corrected chi connectivity index (χ2v) is 8.19. The lowest BCUT2D eigenvalue weighted by Crippen LogP contribution is -2.31. The van der Waals surface area contributed by atoms with Gasteiger partial charge in [0.25, 0.3) is 5.91 Å². The van der Waals surface area contributed by atoms with Crippen molar-refractivity contribution in [3.05, 3.63) is 80.2 Å². The minimum atomic E-state index is -0.614. The number of hydrogen-bond acceptors (Lipinski definition) is 7. The summed E-state index contributed by atoms with van der Waals surface area (Å²) in [6, 6.07) is 15.7. The average molecular weight is 422 g/mol. The molecule has 3 heterocycles. The van der Waals surface area contributed by atoms with Gasteiger partial charge in [-0.25, -0.2) is 9.80 Å². The number of nitrogens with zero attached hydrogens (tertiary/aromatic N) is 3. The molecule has 0 radical (unpaired) electrons. The van der Waals surface area contributed by atoms with Gasteiger partial charge in [0, 0.05) is 11.3 Å². The van der Waals surface area contributed by atoms with E-state index in [1.807, 2.05) is 41.1 Å². The largest absolute Gasteiger partial charge is 0.452 e. The van der Waals surface area contributed by atoms with Crippen molar-refractivity contribution < 1.29 is 14.3 Å². The first-order valence-corrected chi connectivity index (χ1v) is 10.6. The Morgan fingerprint density at radius 2 is 1.90 bits per heavy atom. The van der Waals surface area contributed by atoms with Crippen LogP contribution in [0, 0.1) is 11.3 Å². The molecular formula is C21H15N3O3S2. The molecule has 1 atom stereocenters. The van der Waals surface area contributed by atoms with Crippen molar-refractivity contribution in [2.75, 3.05) is 6.61 Å². The molecule has 0 N–H and O–H groups in total. The predicted octanol–water partition coefficient (Wildman–Crippen LogP) is 4.22. The zero-order valence-corrected chi connectivity index (χ0v) is 16.8. The molecule has 0 bridgehead atoms. The Balaban J connectivity index is 1.47. The van der Waals surface area contributed by atoms with E-state index in [1.54, 1.807) is 22.7 Å². The second-order valence-electron chi connectivity index (χ2n) is 6.26. The van der Waals surface area contributed by atoms with Gasteiger partial charge in [0.05, 0.1) is 33.8 Å². The number of nitriles is 1. The summed E-state index contributed by atoms with van der Waals surface area (Å²) < 4.78 is 5.19. The minimum absolute atomic E-state index is 0.201. The number of hydrogen-bond donors (Lipinski definition) is 0. The Kier molecular flexibility index (Phi) is 5.51. The number of amides is 1. The molecule has 8 heteroatoms. The molecule has 144 valence electrons. The normalized spacial score (nSPS) is 15.6. The number of rotatable bonds is 5. The van der Waals surface area contributed by atoms with Gasteiger partial charge in [-0.1, -0.05) is 12.1 Å². The summed E-state index contributed by atoms with van der Waals surface area (Å²) in [4.78, 5) is 27.1. The monoisotopic (exact) mass is 421 g/mol. The molecule has 1 unspecified atom stereocenters. The fourth-order valence-electron chi connectivity index (χ4n) is 2.99. The quantitative estimate of drug-likeness (QED) is 0.578. The van der Waals surface area contributed by atoms with Crippen molar-refractivity contribution in [3.63, 3.8) is 0 Å². The van der Waals surface area contributed by atoms with E-state index >= 15 is 0 Å². The summed E-state index contributed by atoms with van der Waals surface area (Å²) in [6.45, 7) is -0.401. The smallest absolute Gasteiger partial charge is 0.338 e. The SMILES string of the molecule is N#Cc1ccc(C(=O)OCC(=O)N2N=C(c3cccs3)CC2c2cccs2)cc1. The predicted molar refractivity (Wildman–Crippen MR) is 111 cm³/mol. The van der Waals surface area contributed by atoms with Crippen molar-refractivity contribution in [2.45, 2.75) is 12.5 Å². The van der Waals surface area contributed by atoms with Crippen molar-refractivity contribution >= 4 is 40.3 Å². The average Bonchev–Trinajstić information content (AvgIpc) is 3.51. The lowest BCUT2D eigenvalue weighted by Gasteiger charge is -2.20. The molecule has 0 saturated heterocycles. The lowest BCUT2D eigenvalue weighted by molar-refractivity contribution is -0.136. The molecule has 29 heavy (non-hydrogen) atoms. The van der Waals surface area contributed by atoms with Crippen LogP contribution in [-0.4, -0.2) is 29.2 Å². The summed E-state index contributed by atoms with van der Waals surface area (Å²) in [5, 5.41) is 18.7. The van der Waals surface area contributed by atoms with Gasteiger partial charge < -0.3 is 4.74 Å². The number of carbonyl (C=O) groups excluding carboxylic acids is 2. The van der Waals surface area contributed by atoms with Crippen LogP contribution in [0.1, 0.15) is 38.1 Å². The summed E-state index contributed by atoms with van der Waals surface area (Å²) in [5.41, 5.74) is 1.59. The van der Waals surface area contributed by atoms with Crippen LogP contribution in [0.15, 0.2) is 64.4 Å². The number of esters is 1. The minimum Gasteiger partial charge on any atom is -0.452 e. The maximum Gasteiger partial charge on any atom is 0.338 e. The van der Waals surface area contributed by atoms with E-state index in [-0.39, 0.29) is 17.5 Å². The summed E-state index contributed by atoms with van der Waals surface area (Å²) in [6.07, 6.45) is 0.621. The van der Waals surface area contributed by atoms with E-state index in [9.17, 15) is 9.59 Å². The van der Waals surface area contributed by atoms with Gasteiger partial charge in [-0.3, -0.25) is 4.79 Å². The van der Waals surface area contributed by atoms with Crippen LogP contribution in [0.25, 0.3) is 0 Å². The van der Waals surface area contributed by atoms with E-state index in [0.717, 1.165) is 15.5 Å². The van der Waals surface area contributed by atoms with Crippen LogP contribution in [0.4, 0.5) is 0 Å². The first kappa shape index (κ1) is 19.1. The van der Waals surface area contributed by atoms with Gasteiger partial charge in [-0.15, -0.1) is 22.7 Å². The molecule has 2 aromatic heterocycles. The second kappa shape index (κ2) is 8.39. The number of benzene rings is 1. The Bertz CT molecular complexity index is 1080. The zero-order valence-electron chi connectivity index (χ0n) is 15.1. The Hall–Kier alpha value is -3.28. The fraction of sp³-hybridized carbons (Fsp3) is 0.143. The van der Waals surface area contributed by atoms with E-state index in [2.05, 4.69) is 5.10 Å². The van der Waals surface area contributed by atoms with Crippen LogP contribution in [0.5, 0.6) is 0 Å². The third-order valence-corrected chi connectivity index (χ3v) is 6.31. The number of ether oxygens (including phenoxy) is 1. The van der Waals surface area contributed by atoms with Gasteiger partial charge >= 0.3 is 5.97 Å². The van der Waals surface area contributed by atoms with Crippen molar-refractivity contribution in [1.82, 2.24) is 5.01 Å². The van der Waals surface area contributed by atoms with Crippen LogP contribution in [0.2, 0.25) is 0 Å². The molecular weight excluding hydrogens is 406 g/mol. The Morgan fingerprint density at radius 3 is 2.55 bits per heavy atom. The van der Waals surface area contributed by atoms with Crippen molar-refractivity contribution in [3.8, 4) is 6.07 Å². The molecule has 1 aliphatic rings. The van der Waals surface area contributed by atoms with Crippen molar-refractivity contribution in [1.29, 1.82) is 5.26 Å². The molecule has 3 aromatic rings. The maximum absolute atomic E-state index is 12.8. The van der Waals surface area contributed by atoms with Crippen LogP contribution < -0.4 is 0 Å². The van der Waals surface area contributed by atoms with Crippen LogP contribution >= 0.6 is 22.7 Å². The van der Waals surface area contributed by atoms with Crippen LogP contribution in [-0.2, 0) is 9.53 Å². The van der Waals surface area contributed by atoms with Crippen molar-refractivity contribution in [2.24, 2.45) is 5.10 Å². The van der Waals surface area contributed by atoms with E-state index in [4.69, 9.17) is 10.00 Å². The molecule has 4 rings (SSSR count). The highest BCUT2D eigenvalue weighted by molar-refractivity contribution is 7.12.